The second-order valence-corrected chi connectivity index (χ2v) is 6.62. The summed E-state index contributed by atoms with van der Waals surface area (Å²) in [5.74, 6) is -1.13. The first-order valence-electron chi connectivity index (χ1n) is 8.98. The number of halogens is 1. The minimum absolute atomic E-state index is 0.344. The maximum atomic E-state index is 12.9. The Morgan fingerprint density at radius 3 is 2.44 bits per heavy atom. The SMILES string of the molecule is C[C@H](Oc1ccc(F)cc1)C(=O)O[C@H](C)C(=O)Nc1ccc2c(c1)CCC2. The molecular weight excluding hydrogens is 349 g/mol. The summed E-state index contributed by atoms with van der Waals surface area (Å²) >= 11 is 0. The number of carbonyl (C=O) groups excluding carboxylic acids is 2. The summed E-state index contributed by atoms with van der Waals surface area (Å²) in [6, 6.07) is 11.2. The number of ether oxygens (including phenoxy) is 2. The van der Waals surface area contributed by atoms with Crippen molar-refractivity contribution in [3.05, 3.63) is 59.4 Å². The van der Waals surface area contributed by atoms with Crippen molar-refractivity contribution in [2.75, 3.05) is 5.32 Å². The van der Waals surface area contributed by atoms with Gasteiger partial charge in [0.1, 0.15) is 11.6 Å². The first-order valence-corrected chi connectivity index (χ1v) is 8.98. The smallest absolute Gasteiger partial charge is 0.347 e. The van der Waals surface area contributed by atoms with Crippen LogP contribution in [-0.2, 0) is 27.2 Å². The highest BCUT2D eigenvalue weighted by molar-refractivity contribution is 5.95. The Balaban J connectivity index is 1.52. The van der Waals surface area contributed by atoms with Gasteiger partial charge in [-0.15, -0.1) is 0 Å². The summed E-state index contributed by atoms with van der Waals surface area (Å²) in [6.45, 7) is 3.02. The van der Waals surface area contributed by atoms with E-state index in [-0.39, 0.29) is 0 Å². The standard InChI is InChI=1S/C21H22FNO4/c1-13(20(24)23-18-9-6-15-4-3-5-16(15)12-18)27-21(25)14(2)26-19-10-7-17(22)8-11-19/h6-14H,3-5H2,1-2H3,(H,23,24)/t13-,14+/m1/s1. The van der Waals surface area contributed by atoms with Gasteiger partial charge in [-0.1, -0.05) is 6.07 Å². The molecule has 6 heteroatoms. The lowest BCUT2D eigenvalue weighted by molar-refractivity contribution is -0.159. The molecule has 2 atom stereocenters. The topological polar surface area (TPSA) is 64.6 Å². The van der Waals surface area contributed by atoms with Crippen LogP contribution in [0, 0.1) is 5.82 Å². The Bertz CT molecular complexity index is 835. The Kier molecular flexibility index (Phi) is 5.74. The molecule has 1 aliphatic rings. The minimum Gasteiger partial charge on any atom is -0.479 e. The van der Waals surface area contributed by atoms with Crippen LogP contribution in [0.3, 0.4) is 0 Å². The zero-order chi connectivity index (χ0) is 19.4. The largest absolute Gasteiger partial charge is 0.479 e. The van der Waals surface area contributed by atoms with E-state index in [2.05, 4.69) is 5.32 Å². The predicted molar refractivity (Wildman–Crippen MR) is 99.1 cm³/mol. The van der Waals surface area contributed by atoms with Crippen molar-refractivity contribution in [1.29, 1.82) is 0 Å². The lowest BCUT2D eigenvalue weighted by atomic mass is 10.1. The van der Waals surface area contributed by atoms with Crippen LogP contribution < -0.4 is 10.1 Å². The van der Waals surface area contributed by atoms with Crippen molar-refractivity contribution in [2.45, 2.75) is 45.3 Å². The van der Waals surface area contributed by atoms with Gasteiger partial charge in [0, 0.05) is 5.69 Å². The summed E-state index contributed by atoms with van der Waals surface area (Å²) < 4.78 is 23.5. The number of amides is 1. The first kappa shape index (κ1) is 18.9. The molecule has 5 nitrogen and oxygen atoms in total. The number of anilines is 1. The van der Waals surface area contributed by atoms with Crippen molar-refractivity contribution in [1.82, 2.24) is 0 Å². The molecule has 0 unspecified atom stereocenters. The summed E-state index contributed by atoms with van der Waals surface area (Å²) in [4.78, 5) is 24.4. The molecular formula is C21H22FNO4. The van der Waals surface area contributed by atoms with Crippen LogP contribution in [0.15, 0.2) is 42.5 Å². The molecule has 0 spiro atoms. The summed E-state index contributed by atoms with van der Waals surface area (Å²) in [5, 5.41) is 2.77. The number of carbonyl (C=O) groups is 2. The van der Waals surface area contributed by atoms with Gasteiger partial charge >= 0.3 is 5.97 Å². The van der Waals surface area contributed by atoms with Gasteiger partial charge < -0.3 is 14.8 Å². The van der Waals surface area contributed by atoms with E-state index in [0.717, 1.165) is 19.3 Å². The van der Waals surface area contributed by atoms with Crippen LogP contribution in [-0.4, -0.2) is 24.1 Å². The van der Waals surface area contributed by atoms with Crippen LogP contribution in [0.2, 0.25) is 0 Å². The van der Waals surface area contributed by atoms with E-state index < -0.39 is 29.9 Å². The highest BCUT2D eigenvalue weighted by Gasteiger charge is 2.23. The number of hydrogen-bond donors (Lipinski definition) is 1. The predicted octanol–water partition coefficient (Wildman–Crippen LogP) is 3.65. The van der Waals surface area contributed by atoms with Gasteiger partial charge in [-0.25, -0.2) is 9.18 Å². The second kappa shape index (κ2) is 8.20. The summed E-state index contributed by atoms with van der Waals surface area (Å²) in [7, 11) is 0. The van der Waals surface area contributed by atoms with E-state index >= 15 is 0 Å². The molecule has 0 aliphatic heterocycles. The van der Waals surface area contributed by atoms with Crippen LogP contribution in [0.1, 0.15) is 31.4 Å². The van der Waals surface area contributed by atoms with Gasteiger partial charge in [0.2, 0.25) is 0 Å². The average Bonchev–Trinajstić information content (AvgIpc) is 3.11. The zero-order valence-corrected chi connectivity index (χ0v) is 15.3. The van der Waals surface area contributed by atoms with Crippen LogP contribution in [0.4, 0.5) is 10.1 Å². The fourth-order valence-corrected chi connectivity index (χ4v) is 2.98. The summed E-state index contributed by atoms with van der Waals surface area (Å²) in [6.07, 6.45) is 1.33. The Morgan fingerprint density at radius 1 is 1.00 bits per heavy atom. The molecule has 0 fully saturated rings. The van der Waals surface area contributed by atoms with Crippen molar-refractivity contribution >= 4 is 17.6 Å². The van der Waals surface area contributed by atoms with Crippen LogP contribution >= 0.6 is 0 Å². The third-order valence-corrected chi connectivity index (χ3v) is 4.49. The van der Waals surface area contributed by atoms with E-state index in [4.69, 9.17) is 9.47 Å². The van der Waals surface area contributed by atoms with E-state index in [1.54, 1.807) is 0 Å². The van der Waals surface area contributed by atoms with Gasteiger partial charge in [0.05, 0.1) is 0 Å². The number of aryl methyl sites for hydroxylation is 2. The molecule has 0 saturated carbocycles. The molecule has 2 aromatic rings. The molecule has 1 amide bonds. The van der Waals surface area contributed by atoms with E-state index in [1.807, 2.05) is 18.2 Å². The second-order valence-electron chi connectivity index (χ2n) is 6.62. The molecule has 0 saturated heterocycles. The third kappa shape index (κ3) is 4.84. The maximum absolute atomic E-state index is 12.9. The Hall–Kier alpha value is -2.89. The molecule has 1 N–H and O–H groups in total. The minimum atomic E-state index is -0.968. The molecule has 0 bridgehead atoms. The normalized spacial score (nSPS) is 14.8. The van der Waals surface area contributed by atoms with Gasteiger partial charge in [0.25, 0.3) is 5.91 Å². The number of hydrogen-bond acceptors (Lipinski definition) is 4. The molecule has 3 rings (SSSR count). The molecule has 142 valence electrons. The van der Waals surface area contributed by atoms with Crippen molar-refractivity contribution in [2.24, 2.45) is 0 Å². The van der Waals surface area contributed by atoms with Crippen molar-refractivity contribution < 1.29 is 23.5 Å². The fourth-order valence-electron chi connectivity index (χ4n) is 2.98. The van der Waals surface area contributed by atoms with Crippen molar-refractivity contribution in [3.63, 3.8) is 0 Å². The highest BCUT2D eigenvalue weighted by atomic mass is 19.1. The molecule has 0 radical (unpaired) electrons. The first-order chi connectivity index (χ1) is 12.9. The van der Waals surface area contributed by atoms with Crippen LogP contribution in [0.5, 0.6) is 5.75 Å². The number of fused-ring (bicyclic) bond motifs is 1. The molecule has 0 heterocycles. The molecule has 1 aliphatic carbocycles. The van der Waals surface area contributed by atoms with E-state index in [1.165, 1.54) is 49.2 Å². The third-order valence-electron chi connectivity index (χ3n) is 4.49. The Morgan fingerprint density at radius 2 is 1.70 bits per heavy atom. The molecule has 27 heavy (non-hydrogen) atoms. The van der Waals surface area contributed by atoms with Crippen molar-refractivity contribution in [3.8, 4) is 5.75 Å². The van der Waals surface area contributed by atoms with E-state index in [9.17, 15) is 14.0 Å². The number of nitrogens with one attached hydrogen (secondary N) is 1. The zero-order valence-electron chi connectivity index (χ0n) is 15.3. The maximum Gasteiger partial charge on any atom is 0.347 e. The number of rotatable bonds is 6. The lowest BCUT2D eigenvalue weighted by Crippen LogP contribution is -2.35. The fraction of sp³-hybridized carbons (Fsp3) is 0.333. The number of benzene rings is 2. The van der Waals surface area contributed by atoms with Gasteiger partial charge in [0.15, 0.2) is 12.2 Å². The quantitative estimate of drug-likeness (QED) is 0.787. The molecule has 0 aromatic heterocycles. The lowest BCUT2D eigenvalue weighted by Gasteiger charge is -2.18. The van der Waals surface area contributed by atoms with Gasteiger partial charge in [-0.2, -0.15) is 0 Å². The van der Waals surface area contributed by atoms with Gasteiger partial charge in [-0.3, -0.25) is 4.79 Å². The van der Waals surface area contributed by atoms with Crippen LogP contribution in [0.25, 0.3) is 0 Å². The monoisotopic (exact) mass is 371 g/mol. The highest BCUT2D eigenvalue weighted by Crippen LogP contribution is 2.25. The average molecular weight is 371 g/mol. The number of esters is 1. The Labute approximate surface area is 157 Å². The molecule has 2 aromatic carbocycles. The van der Waals surface area contributed by atoms with Gasteiger partial charge in [-0.05, 0) is 80.6 Å². The van der Waals surface area contributed by atoms with E-state index in [0.29, 0.717) is 11.4 Å². The summed E-state index contributed by atoms with van der Waals surface area (Å²) in [5.41, 5.74) is 3.26.